The number of hydrogen-bond donors (Lipinski definition) is 0. The van der Waals surface area contributed by atoms with Gasteiger partial charge in [-0.1, -0.05) is 32.9 Å². The smallest absolute Gasteiger partial charge is 0.163 e. The van der Waals surface area contributed by atoms with E-state index in [4.69, 9.17) is 0 Å². The summed E-state index contributed by atoms with van der Waals surface area (Å²) in [4.78, 5) is 13.3. The molecule has 0 N–H and O–H groups in total. The number of hydrogen-bond acceptors (Lipinski definition) is 4. The van der Waals surface area contributed by atoms with E-state index in [-0.39, 0.29) is 5.41 Å². The molecular formula is C18H21N5. The molecule has 0 bridgehead atoms. The van der Waals surface area contributed by atoms with Crippen LogP contribution in [0.3, 0.4) is 0 Å². The van der Waals surface area contributed by atoms with E-state index in [9.17, 15) is 0 Å². The molecule has 3 rings (SSSR count). The molecule has 1 aromatic carbocycles. The fraction of sp³-hybridized carbons (Fsp3) is 0.333. The molecule has 5 nitrogen and oxygen atoms in total. The maximum Gasteiger partial charge on any atom is 0.163 e. The first kappa shape index (κ1) is 15.3. The highest BCUT2D eigenvalue weighted by Gasteiger charge is 2.18. The van der Waals surface area contributed by atoms with Gasteiger partial charge < -0.3 is 0 Å². The van der Waals surface area contributed by atoms with E-state index in [1.807, 2.05) is 36.7 Å². The Morgan fingerprint density at radius 3 is 2.43 bits per heavy atom. The number of rotatable bonds is 2. The molecule has 0 fully saturated rings. The summed E-state index contributed by atoms with van der Waals surface area (Å²) < 4.78 is 1.94. The maximum atomic E-state index is 4.62. The summed E-state index contributed by atoms with van der Waals surface area (Å²) in [6.07, 6.45) is 1.58. The minimum Gasteiger partial charge on any atom is -0.238 e. The van der Waals surface area contributed by atoms with E-state index in [0.29, 0.717) is 5.82 Å². The van der Waals surface area contributed by atoms with Crippen molar-refractivity contribution in [3.05, 3.63) is 53.9 Å². The summed E-state index contributed by atoms with van der Waals surface area (Å²) >= 11 is 0. The van der Waals surface area contributed by atoms with Crippen LogP contribution in [0.25, 0.3) is 17.1 Å². The van der Waals surface area contributed by atoms with E-state index in [2.05, 4.69) is 53.0 Å². The van der Waals surface area contributed by atoms with Gasteiger partial charge in [0.2, 0.25) is 0 Å². The van der Waals surface area contributed by atoms with Crippen molar-refractivity contribution in [3.8, 4) is 17.1 Å². The van der Waals surface area contributed by atoms with E-state index >= 15 is 0 Å². The number of aryl methyl sites for hydroxylation is 2. The predicted octanol–water partition coefficient (Wildman–Crippen LogP) is 3.64. The van der Waals surface area contributed by atoms with Crippen molar-refractivity contribution in [1.82, 2.24) is 24.7 Å². The van der Waals surface area contributed by atoms with Gasteiger partial charge in [-0.05, 0) is 32.0 Å². The summed E-state index contributed by atoms with van der Waals surface area (Å²) in [6, 6.07) is 10.2. The van der Waals surface area contributed by atoms with Gasteiger partial charge in [0.1, 0.15) is 12.2 Å². The van der Waals surface area contributed by atoms with E-state index in [1.165, 1.54) is 0 Å². The summed E-state index contributed by atoms with van der Waals surface area (Å²) in [5.74, 6) is 1.48. The average Bonchev–Trinajstić information content (AvgIpc) is 2.85. The molecule has 2 aromatic heterocycles. The Bertz CT molecular complexity index is 843. The molecule has 0 saturated carbocycles. The minimum atomic E-state index is -0.106. The SMILES string of the molecule is Cc1cc(C)n(-c2cccc(-c3ncnc(C(C)(C)C)n3)c2)n1. The second kappa shape index (κ2) is 5.57. The van der Waals surface area contributed by atoms with Crippen LogP contribution in [0.2, 0.25) is 0 Å². The fourth-order valence-corrected chi connectivity index (χ4v) is 2.46. The quantitative estimate of drug-likeness (QED) is 0.725. The lowest BCUT2D eigenvalue weighted by molar-refractivity contribution is 0.542. The molecule has 0 atom stereocenters. The molecule has 0 spiro atoms. The van der Waals surface area contributed by atoms with Crippen LogP contribution in [-0.4, -0.2) is 24.7 Å². The fourth-order valence-electron chi connectivity index (χ4n) is 2.46. The Kier molecular flexibility index (Phi) is 3.72. The van der Waals surface area contributed by atoms with Gasteiger partial charge in [0.15, 0.2) is 5.82 Å². The first-order valence-corrected chi connectivity index (χ1v) is 7.68. The molecule has 23 heavy (non-hydrogen) atoms. The molecule has 0 aliphatic heterocycles. The summed E-state index contributed by atoms with van der Waals surface area (Å²) in [5.41, 5.74) is 3.97. The van der Waals surface area contributed by atoms with Crippen LogP contribution >= 0.6 is 0 Å². The highest BCUT2D eigenvalue weighted by atomic mass is 15.3. The van der Waals surface area contributed by atoms with Gasteiger partial charge in [-0.3, -0.25) is 0 Å². The molecule has 0 aliphatic rings. The van der Waals surface area contributed by atoms with Gasteiger partial charge in [-0.15, -0.1) is 0 Å². The average molecular weight is 307 g/mol. The Labute approximate surface area is 136 Å². The second-order valence-corrected chi connectivity index (χ2v) is 6.77. The number of nitrogens with zero attached hydrogens (tertiary/aromatic N) is 5. The van der Waals surface area contributed by atoms with Gasteiger partial charge in [-0.2, -0.15) is 5.10 Å². The van der Waals surface area contributed by atoms with Gasteiger partial charge in [-0.25, -0.2) is 19.6 Å². The topological polar surface area (TPSA) is 56.5 Å². The third kappa shape index (κ3) is 3.13. The van der Waals surface area contributed by atoms with Crippen LogP contribution in [0.1, 0.15) is 38.0 Å². The first-order valence-electron chi connectivity index (χ1n) is 7.68. The largest absolute Gasteiger partial charge is 0.238 e. The minimum absolute atomic E-state index is 0.106. The zero-order chi connectivity index (χ0) is 16.6. The summed E-state index contributed by atoms with van der Waals surface area (Å²) in [6.45, 7) is 10.3. The lowest BCUT2D eigenvalue weighted by Crippen LogP contribution is -2.16. The standard InChI is InChI=1S/C18H21N5/c1-12-9-13(2)23(22-12)15-8-6-7-14(10-15)16-19-11-20-17(21-16)18(3,4)5/h6-11H,1-5H3. The van der Waals surface area contributed by atoms with Crippen LogP contribution in [0.4, 0.5) is 0 Å². The molecule has 0 radical (unpaired) electrons. The number of aromatic nitrogens is 5. The Morgan fingerprint density at radius 1 is 1.00 bits per heavy atom. The van der Waals surface area contributed by atoms with Crippen molar-refractivity contribution in [2.24, 2.45) is 0 Å². The molecule has 0 amide bonds. The highest BCUT2D eigenvalue weighted by molar-refractivity contribution is 5.58. The Morgan fingerprint density at radius 2 is 1.78 bits per heavy atom. The van der Waals surface area contributed by atoms with Crippen molar-refractivity contribution in [1.29, 1.82) is 0 Å². The zero-order valence-corrected chi connectivity index (χ0v) is 14.2. The van der Waals surface area contributed by atoms with Crippen LogP contribution in [0.5, 0.6) is 0 Å². The summed E-state index contributed by atoms with van der Waals surface area (Å²) in [7, 11) is 0. The molecule has 3 aromatic rings. The van der Waals surface area contributed by atoms with E-state index in [0.717, 1.165) is 28.5 Å². The van der Waals surface area contributed by atoms with Crippen LogP contribution in [0.15, 0.2) is 36.7 Å². The predicted molar refractivity (Wildman–Crippen MR) is 90.6 cm³/mol. The van der Waals surface area contributed by atoms with Crippen molar-refractivity contribution >= 4 is 0 Å². The van der Waals surface area contributed by atoms with Gasteiger partial charge >= 0.3 is 0 Å². The van der Waals surface area contributed by atoms with Crippen molar-refractivity contribution in [3.63, 3.8) is 0 Å². The monoisotopic (exact) mass is 307 g/mol. The second-order valence-electron chi connectivity index (χ2n) is 6.77. The van der Waals surface area contributed by atoms with Crippen LogP contribution in [0, 0.1) is 13.8 Å². The normalized spacial score (nSPS) is 11.7. The van der Waals surface area contributed by atoms with Crippen molar-refractivity contribution in [2.75, 3.05) is 0 Å². The van der Waals surface area contributed by atoms with Gasteiger partial charge in [0.25, 0.3) is 0 Å². The lowest BCUT2D eigenvalue weighted by Gasteiger charge is -2.16. The lowest BCUT2D eigenvalue weighted by atomic mass is 9.96. The highest BCUT2D eigenvalue weighted by Crippen LogP contribution is 2.23. The molecule has 0 saturated heterocycles. The molecule has 118 valence electrons. The van der Waals surface area contributed by atoms with Crippen LogP contribution in [-0.2, 0) is 5.41 Å². The molecule has 5 heteroatoms. The Hall–Kier alpha value is -2.56. The summed E-state index contributed by atoms with van der Waals surface area (Å²) in [5, 5.41) is 4.54. The number of benzene rings is 1. The van der Waals surface area contributed by atoms with Gasteiger partial charge in [0, 0.05) is 16.7 Å². The third-order valence-corrected chi connectivity index (χ3v) is 3.60. The van der Waals surface area contributed by atoms with Crippen molar-refractivity contribution < 1.29 is 0 Å². The molecule has 0 aliphatic carbocycles. The molecule has 2 heterocycles. The zero-order valence-electron chi connectivity index (χ0n) is 14.2. The van der Waals surface area contributed by atoms with Gasteiger partial charge in [0.05, 0.1) is 11.4 Å². The maximum absolute atomic E-state index is 4.62. The van der Waals surface area contributed by atoms with Crippen LogP contribution < -0.4 is 0 Å². The van der Waals surface area contributed by atoms with Crippen molar-refractivity contribution in [2.45, 2.75) is 40.0 Å². The van der Waals surface area contributed by atoms with E-state index in [1.54, 1.807) is 6.33 Å². The van der Waals surface area contributed by atoms with E-state index < -0.39 is 0 Å². The Balaban J connectivity index is 2.05. The third-order valence-electron chi connectivity index (χ3n) is 3.60. The molecular weight excluding hydrogens is 286 g/mol. The first-order chi connectivity index (χ1) is 10.8. The molecule has 0 unspecified atom stereocenters.